The summed E-state index contributed by atoms with van der Waals surface area (Å²) < 4.78 is 12.7. The molecule has 0 aliphatic heterocycles. The van der Waals surface area contributed by atoms with E-state index in [1.807, 2.05) is 20.8 Å². The summed E-state index contributed by atoms with van der Waals surface area (Å²) in [5.74, 6) is -1.20. The Bertz CT molecular complexity index is 291. The van der Waals surface area contributed by atoms with Crippen molar-refractivity contribution in [1.82, 2.24) is 4.98 Å². The molecule has 1 heterocycles. The predicted molar refractivity (Wildman–Crippen MR) is 44.6 cm³/mol. The Morgan fingerprint density at radius 2 is 1.92 bits per heavy atom. The zero-order chi connectivity index (χ0) is 9.35. The number of pyridine rings is 1. The molecule has 3 heteroatoms. The van der Waals surface area contributed by atoms with Crippen molar-refractivity contribution in [2.75, 3.05) is 0 Å². The predicted octanol–water partition coefficient (Wildman–Crippen LogP) is 2.22. The highest BCUT2D eigenvalue weighted by atomic mass is 19.1. The average Bonchev–Trinajstić information content (AvgIpc) is 1.92. The van der Waals surface area contributed by atoms with Crippen molar-refractivity contribution in [2.45, 2.75) is 26.2 Å². The molecular weight excluding hydrogens is 157 g/mol. The van der Waals surface area contributed by atoms with Gasteiger partial charge in [0.15, 0.2) is 5.75 Å². The summed E-state index contributed by atoms with van der Waals surface area (Å²) in [7, 11) is 0. The highest BCUT2D eigenvalue weighted by Crippen LogP contribution is 2.22. The van der Waals surface area contributed by atoms with E-state index in [1.165, 1.54) is 6.07 Å². The minimum absolute atomic E-state index is 0.186. The van der Waals surface area contributed by atoms with Gasteiger partial charge in [0.1, 0.15) is 0 Å². The van der Waals surface area contributed by atoms with Crippen LogP contribution in [-0.2, 0) is 5.41 Å². The lowest BCUT2D eigenvalue weighted by molar-refractivity contribution is 0.411. The molecule has 0 aliphatic carbocycles. The maximum Gasteiger partial charge on any atom is 0.255 e. The molecule has 0 bridgehead atoms. The molecule has 1 aromatic heterocycles. The van der Waals surface area contributed by atoms with E-state index in [-0.39, 0.29) is 5.41 Å². The van der Waals surface area contributed by atoms with E-state index in [0.717, 1.165) is 0 Å². The van der Waals surface area contributed by atoms with E-state index >= 15 is 0 Å². The first-order valence-electron chi connectivity index (χ1n) is 3.77. The lowest BCUT2D eigenvalue weighted by Gasteiger charge is -2.17. The number of rotatable bonds is 0. The normalized spacial score (nSPS) is 11.7. The highest BCUT2D eigenvalue weighted by Gasteiger charge is 2.16. The summed E-state index contributed by atoms with van der Waals surface area (Å²) >= 11 is 0. The molecular formula is C9H12FNO. The van der Waals surface area contributed by atoms with E-state index in [0.29, 0.717) is 5.69 Å². The SMILES string of the molecule is CC(C)(C)c1ccc(O)c(F)n1. The van der Waals surface area contributed by atoms with Crippen LogP contribution in [0.4, 0.5) is 4.39 Å². The lowest BCUT2D eigenvalue weighted by atomic mass is 9.92. The zero-order valence-corrected chi connectivity index (χ0v) is 7.43. The Morgan fingerprint density at radius 3 is 2.33 bits per heavy atom. The van der Waals surface area contributed by atoms with Crippen LogP contribution in [0.3, 0.4) is 0 Å². The number of aromatic nitrogens is 1. The quantitative estimate of drug-likeness (QED) is 0.604. The molecule has 1 aromatic rings. The van der Waals surface area contributed by atoms with Crippen molar-refractivity contribution in [3.05, 3.63) is 23.8 Å². The lowest BCUT2D eigenvalue weighted by Crippen LogP contribution is -2.13. The van der Waals surface area contributed by atoms with E-state index in [2.05, 4.69) is 4.98 Å². The Balaban J connectivity index is 3.14. The number of hydrogen-bond acceptors (Lipinski definition) is 2. The molecule has 0 spiro atoms. The van der Waals surface area contributed by atoms with Crippen LogP contribution in [-0.4, -0.2) is 10.1 Å². The molecule has 0 radical (unpaired) electrons. The van der Waals surface area contributed by atoms with Gasteiger partial charge in [-0.1, -0.05) is 20.8 Å². The van der Waals surface area contributed by atoms with Crippen molar-refractivity contribution < 1.29 is 9.50 Å². The van der Waals surface area contributed by atoms with E-state index < -0.39 is 11.7 Å². The first-order valence-corrected chi connectivity index (χ1v) is 3.77. The van der Waals surface area contributed by atoms with Crippen molar-refractivity contribution in [3.8, 4) is 5.75 Å². The summed E-state index contributed by atoms with van der Waals surface area (Å²) in [6.45, 7) is 5.81. The molecule has 66 valence electrons. The second-order valence-corrected chi connectivity index (χ2v) is 3.76. The zero-order valence-electron chi connectivity index (χ0n) is 7.43. The first-order chi connectivity index (χ1) is 5.41. The molecule has 2 nitrogen and oxygen atoms in total. The number of nitrogens with zero attached hydrogens (tertiary/aromatic N) is 1. The third kappa shape index (κ3) is 1.72. The number of hydrogen-bond donors (Lipinski definition) is 1. The summed E-state index contributed by atoms with van der Waals surface area (Å²) in [6.07, 6.45) is 0. The van der Waals surface area contributed by atoms with Crippen molar-refractivity contribution in [2.24, 2.45) is 0 Å². The van der Waals surface area contributed by atoms with Gasteiger partial charge in [-0.2, -0.15) is 4.39 Å². The van der Waals surface area contributed by atoms with Crippen LogP contribution in [0.2, 0.25) is 0 Å². The van der Waals surface area contributed by atoms with Crippen LogP contribution in [0.25, 0.3) is 0 Å². The first kappa shape index (κ1) is 8.97. The third-order valence-electron chi connectivity index (χ3n) is 1.60. The van der Waals surface area contributed by atoms with E-state index in [9.17, 15) is 4.39 Å². The van der Waals surface area contributed by atoms with Crippen LogP contribution < -0.4 is 0 Å². The average molecular weight is 169 g/mol. The van der Waals surface area contributed by atoms with Gasteiger partial charge in [-0.15, -0.1) is 0 Å². The molecule has 0 aromatic carbocycles. The fourth-order valence-electron chi connectivity index (χ4n) is 0.845. The summed E-state index contributed by atoms with van der Waals surface area (Å²) in [4.78, 5) is 3.63. The van der Waals surface area contributed by atoms with Gasteiger partial charge in [-0.3, -0.25) is 0 Å². The fourth-order valence-corrected chi connectivity index (χ4v) is 0.845. The van der Waals surface area contributed by atoms with Crippen LogP contribution in [0, 0.1) is 5.95 Å². The molecule has 0 saturated carbocycles. The second kappa shape index (κ2) is 2.73. The minimum Gasteiger partial charge on any atom is -0.504 e. The molecule has 1 N–H and O–H groups in total. The Morgan fingerprint density at radius 1 is 1.33 bits per heavy atom. The van der Waals surface area contributed by atoms with Gasteiger partial charge in [-0.05, 0) is 12.1 Å². The monoisotopic (exact) mass is 169 g/mol. The molecule has 0 unspecified atom stereocenters. The van der Waals surface area contributed by atoms with Crippen LogP contribution >= 0.6 is 0 Å². The van der Waals surface area contributed by atoms with E-state index in [4.69, 9.17) is 5.11 Å². The van der Waals surface area contributed by atoms with Gasteiger partial charge >= 0.3 is 0 Å². The molecule has 1 rings (SSSR count). The molecule has 0 amide bonds. The number of aromatic hydroxyl groups is 1. The van der Waals surface area contributed by atoms with Crippen LogP contribution in [0.1, 0.15) is 26.5 Å². The second-order valence-electron chi connectivity index (χ2n) is 3.76. The molecule has 0 aliphatic rings. The minimum atomic E-state index is -0.803. The molecule has 0 fully saturated rings. The largest absolute Gasteiger partial charge is 0.504 e. The van der Waals surface area contributed by atoms with Crippen molar-refractivity contribution >= 4 is 0 Å². The van der Waals surface area contributed by atoms with Crippen molar-refractivity contribution in [1.29, 1.82) is 0 Å². The fraction of sp³-hybridized carbons (Fsp3) is 0.444. The van der Waals surface area contributed by atoms with Gasteiger partial charge in [-0.25, -0.2) is 4.98 Å². The molecule has 12 heavy (non-hydrogen) atoms. The topological polar surface area (TPSA) is 33.1 Å². The maximum absolute atomic E-state index is 12.7. The van der Waals surface area contributed by atoms with Gasteiger partial charge < -0.3 is 5.11 Å². The summed E-state index contributed by atoms with van der Waals surface area (Å²) in [5.41, 5.74) is 0.451. The highest BCUT2D eigenvalue weighted by molar-refractivity contribution is 5.23. The molecule has 0 atom stereocenters. The standard InChI is InChI=1S/C9H12FNO/c1-9(2,3)7-5-4-6(12)8(10)11-7/h4-5,12H,1-3H3. The Hall–Kier alpha value is -1.12. The van der Waals surface area contributed by atoms with Crippen LogP contribution in [0.15, 0.2) is 12.1 Å². The van der Waals surface area contributed by atoms with Gasteiger partial charge in [0.05, 0.1) is 0 Å². The summed E-state index contributed by atoms with van der Waals surface area (Å²) in [6, 6.07) is 2.95. The Kier molecular flexibility index (Phi) is 2.04. The summed E-state index contributed by atoms with van der Waals surface area (Å²) in [5, 5.41) is 8.87. The third-order valence-corrected chi connectivity index (χ3v) is 1.60. The van der Waals surface area contributed by atoms with Gasteiger partial charge in [0.25, 0.3) is 5.95 Å². The van der Waals surface area contributed by atoms with Gasteiger partial charge in [0.2, 0.25) is 0 Å². The van der Waals surface area contributed by atoms with Gasteiger partial charge in [0, 0.05) is 11.1 Å². The van der Waals surface area contributed by atoms with Crippen LogP contribution in [0.5, 0.6) is 5.75 Å². The Labute approximate surface area is 71.1 Å². The van der Waals surface area contributed by atoms with Crippen molar-refractivity contribution in [3.63, 3.8) is 0 Å². The number of halogens is 1. The maximum atomic E-state index is 12.7. The molecule has 0 saturated heterocycles. The smallest absolute Gasteiger partial charge is 0.255 e. The van der Waals surface area contributed by atoms with E-state index in [1.54, 1.807) is 6.07 Å².